The fourth-order valence-corrected chi connectivity index (χ4v) is 8.18. The number of pyridine rings is 1. The third-order valence-electron chi connectivity index (χ3n) is 10.9. The highest BCUT2D eigenvalue weighted by molar-refractivity contribution is 6.03. The van der Waals surface area contributed by atoms with Crippen LogP contribution in [0.5, 0.6) is 0 Å². The predicted octanol–water partition coefficient (Wildman–Crippen LogP) is 4.49. The molecule has 3 aromatic rings. The lowest BCUT2D eigenvalue weighted by Gasteiger charge is -2.44. The Morgan fingerprint density at radius 3 is 2.40 bits per heavy atom. The Balaban J connectivity index is 1.08. The molecule has 0 radical (unpaired) electrons. The lowest BCUT2D eigenvalue weighted by atomic mass is 9.87. The molecule has 1 aromatic carbocycles. The lowest BCUT2D eigenvalue weighted by Crippen LogP contribution is -2.52. The second kappa shape index (κ2) is 13.2. The minimum atomic E-state index is -0.617. The Hall–Kier alpha value is -2.96. The number of piperidine rings is 1. The summed E-state index contributed by atoms with van der Waals surface area (Å²) in [5.74, 6) is 0.000500. The summed E-state index contributed by atoms with van der Waals surface area (Å²) in [6.07, 6.45) is 5.65. The number of β-amino-alcohol motifs (C(OH)–C–C–N with tert-alkyl or cyclic N) is 1. The van der Waals surface area contributed by atoms with Crippen molar-refractivity contribution in [3.8, 4) is 11.1 Å². The number of aliphatic hydroxyl groups is 1. The Labute approximate surface area is 275 Å². The van der Waals surface area contributed by atoms with Crippen LogP contribution in [0, 0.1) is 24.6 Å². The van der Waals surface area contributed by atoms with Crippen molar-refractivity contribution in [2.45, 2.75) is 70.1 Å². The normalized spacial score (nSPS) is 24.9. The minimum absolute atomic E-state index is 0.172. The van der Waals surface area contributed by atoms with Crippen LogP contribution in [0.4, 0.5) is 8.78 Å². The van der Waals surface area contributed by atoms with Crippen LogP contribution in [0.1, 0.15) is 67.2 Å². The number of nitrogens with zero attached hydrogens (tertiary/aromatic N) is 5. The maximum atomic E-state index is 15.4. The van der Waals surface area contributed by atoms with E-state index in [0.717, 1.165) is 57.7 Å². The number of aromatic nitrogens is 2. The molecule has 4 fully saturated rings. The molecular weight excluding hydrogens is 604 g/mol. The van der Waals surface area contributed by atoms with Crippen molar-refractivity contribution in [2.24, 2.45) is 5.92 Å². The molecule has 11 heteroatoms. The van der Waals surface area contributed by atoms with E-state index < -0.39 is 17.4 Å². The van der Waals surface area contributed by atoms with E-state index >= 15 is 4.39 Å². The van der Waals surface area contributed by atoms with E-state index in [9.17, 15) is 14.3 Å². The summed E-state index contributed by atoms with van der Waals surface area (Å²) in [4.78, 5) is 24.8. The number of ether oxygens (including phenoxy) is 2. The summed E-state index contributed by atoms with van der Waals surface area (Å²) in [6, 6.07) is 5.85. The van der Waals surface area contributed by atoms with Crippen LogP contribution >= 0.6 is 0 Å². The van der Waals surface area contributed by atoms with Crippen molar-refractivity contribution < 1.29 is 28.2 Å². The number of likely N-dealkylation sites (tertiary alicyclic amines) is 2. The molecule has 2 aromatic heterocycles. The number of rotatable bonds is 7. The minimum Gasteiger partial charge on any atom is -0.388 e. The number of halogens is 2. The van der Waals surface area contributed by atoms with Gasteiger partial charge in [-0.15, -0.1) is 0 Å². The van der Waals surface area contributed by atoms with Crippen molar-refractivity contribution in [3.05, 3.63) is 59.2 Å². The van der Waals surface area contributed by atoms with Crippen molar-refractivity contribution in [1.82, 2.24) is 24.1 Å². The molecule has 4 aliphatic rings. The zero-order valence-electron chi connectivity index (χ0n) is 27.8. The van der Waals surface area contributed by atoms with E-state index in [-0.39, 0.29) is 29.5 Å². The van der Waals surface area contributed by atoms with Gasteiger partial charge in [-0.2, -0.15) is 4.39 Å². The first kappa shape index (κ1) is 32.6. The molecule has 4 saturated heterocycles. The van der Waals surface area contributed by atoms with Gasteiger partial charge in [0.2, 0.25) is 5.95 Å². The predicted molar refractivity (Wildman–Crippen MR) is 175 cm³/mol. The molecule has 0 spiro atoms. The van der Waals surface area contributed by atoms with Crippen molar-refractivity contribution in [2.75, 3.05) is 65.7 Å². The van der Waals surface area contributed by atoms with E-state index in [2.05, 4.69) is 14.8 Å². The zero-order valence-corrected chi connectivity index (χ0v) is 27.8. The van der Waals surface area contributed by atoms with Gasteiger partial charge in [0.25, 0.3) is 5.91 Å². The molecule has 0 unspecified atom stereocenters. The maximum absolute atomic E-state index is 15.4. The average Bonchev–Trinajstić information content (AvgIpc) is 3.31. The molecule has 9 nitrogen and oxygen atoms in total. The molecule has 0 aliphatic carbocycles. The summed E-state index contributed by atoms with van der Waals surface area (Å²) < 4.78 is 43.0. The van der Waals surface area contributed by atoms with E-state index in [0.29, 0.717) is 67.7 Å². The molecule has 6 heterocycles. The highest BCUT2D eigenvalue weighted by Gasteiger charge is 2.36. The molecule has 0 saturated carbocycles. The summed E-state index contributed by atoms with van der Waals surface area (Å²) in [5, 5.41) is 10.9. The number of hydrogen-bond acceptors (Lipinski definition) is 7. The molecular formula is C36H47F2N5O4. The SMILES string of the molecule is Cc1nc(F)c2c(-c3ccc(F)cc3C(=O)N3[C@H](C)COC[C@H]3C)cc(C3CN(CC4CCN(CC5(O)CCOCC5)CC4)C3)cn12. The first-order valence-corrected chi connectivity index (χ1v) is 17.2. The second-order valence-corrected chi connectivity index (χ2v) is 14.5. The average molecular weight is 652 g/mol. The molecule has 1 amide bonds. The van der Waals surface area contributed by atoms with Crippen LogP contribution in [-0.2, 0) is 9.47 Å². The van der Waals surface area contributed by atoms with Gasteiger partial charge in [-0.3, -0.25) is 4.79 Å². The summed E-state index contributed by atoms with van der Waals surface area (Å²) in [6.45, 7) is 13.3. The van der Waals surface area contributed by atoms with Gasteiger partial charge in [-0.1, -0.05) is 6.07 Å². The summed E-state index contributed by atoms with van der Waals surface area (Å²) in [5.41, 5.74) is 2.00. The monoisotopic (exact) mass is 651 g/mol. The third kappa shape index (κ3) is 6.57. The number of fused-ring (bicyclic) bond motifs is 1. The zero-order chi connectivity index (χ0) is 32.9. The number of hydrogen-bond donors (Lipinski definition) is 1. The van der Waals surface area contributed by atoms with Crippen molar-refractivity contribution in [1.29, 1.82) is 0 Å². The quantitative estimate of drug-likeness (QED) is 0.403. The van der Waals surface area contributed by atoms with E-state index in [1.54, 1.807) is 22.3 Å². The van der Waals surface area contributed by atoms with Crippen LogP contribution < -0.4 is 0 Å². The van der Waals surface area contributed by atoms with E-state index in [4.69, 9.17) is 9.47 Å². The van der Waals surface area contributed by atoms with Gasteiger partial charge in [0.1, 0.15) is 17.2 Å². The molecule has 2 atom stereocenters. The van der Waals surface area contributed by atoms with Crippen LogP contribution in [-0.4, -0.2) is 118 Å². The lowest BCUT2D eigenvalue weighted by molar-refractivity contribution is -0.0835. The van der Waals surface area contributed by atoms with E-state index in [1.165, 1.54) is 12.1 Å². The van der Waals surface area contributed by atoms with E-state index in [1.807, 2.05) is 26.1 Å². The van der Waals surface area contributed by atoms with Gasteiger partial charge in [0.15, 0.2) is 0 Å². The number of carbonyl (C=O) groups is 1. The topological polar surface area (TPSA) is 82.8 Å². The summed E-state index contributed by atoms with van der Waals surface area (Å²) >= 11 is 0. The molecule has 0 bridgehead atoms. The van der Waals surface area contributed by atoms with Gasteiger partial charge in [0, 0.05) is 69.9 Å². The number of imidazole rings is 1. The Bertz CT molecular complexity index is 1600. The van der Waals surface area contributed by atoms with Crippen LogP contribution in [0.3, 0.4) is 0 Å². The highest BCUT2D eigenvalue weighted by atomic mass is 19.1. The first-order chi connectivity index (χ1) is 22.6. The fraction of sp³-hybridized carbons (Fsp3) is 0.611. The van der Waals surface area contributed by atoms with Gasteiger partial charge in [-0.25, -0.2) is 9.37 Å². The third-order valence-corrected chi connectivity index (χ3v) is 10.9. The van der Waals surface area contributed by atoms with Gasteiger partial charge in [0.05, 0.1) is 36.5 Å². The van der Waals surface area contributed by atoms with Gasteiger partial charge < -0.3 is 33.7 Å². The largest absolute Gasteiger partial charge is 0.388 e. The smallest absolute Gasteiger partial charge is 0.255 e. The fourth-order valence-electron chi connectivity index (χ4n) is 8.18. The maximum Gasteiger partial charge on any atom is 0.255 e. The van der Waals surface area contributed by atoms with Crippen LogP contribution in [0.25, 0.3) is 16.6 Å². The molecule has 47 heavy (non-hydrogen) atoms. The number of aryl methyl sites for hydroxylation is 1. The second-order valence-electron chi connectivity index (χ2n) is 14.5. The molecule has 1 N–H and O–H groups in total. The number of morpholine rings is 1. The highest BCUT2D eigenvalue weighted by Crippen LogP contribution is 2.37. The summed E-state index contributed by atoms with van der Waals surface area (Å²) in [7, 11) is 0. The van der Waals surface area contributed by atoms with Crippen LogP contribution in [0.15, 0.2) is 30.5 Å². The standard InChI is InChI=1S/C36H47F2N5O4/c1-23-20-47-21-24(2)43(23)35(44)32-15-29(37)4-5-30(32)31-14-27(19-42-25(3)39-34(38)33(31)42)28-17-41(18-28)16-26-6-10-40(11-7-26)22-36(45)8-12-46-13-9-36/h4-5,14-15,19,23-24,26,28,45H,6-13,16-18,20-22H2,1-3H3/t23-,24-/m1/s1. The Morgan fingerprint density at radius 1 is 1.00 bits per heavy atom. The van der Waals surface area contributed by atoms with Crippen molar-refractivity contribution >= 4 is 11.4 Å². The molecule has 7 rings (SSSR count). The Kier molecular flexibility index (Phi) is 9.12. The van der Waals surface area contributed by atoms with Gasteiger partial charge >= 0.3 is 0 Å². The number of carbonyl (C=O) groups excluding carboxylic acids is 1. The first-order valence-electron chi connectivity index (χ1n) is 17.2. The molecule has 254 valence electrons. The number of amides is 1. The van der Waals surface area contributed by atoms with Crippen molar-refractivity contribution in [3.63, 3.8) is 0 Å². The van der Waals surface area contributed by atoms with Crippen LogP contribution in [0.2, 0.25) is 0 Å². The molecule has 4 aliphatic heterocycles. The Morgan fingerprint density at radius 2 is 1.70 bits per heavy atom. The van der Waals surface area contributed by atoms with Gasteiger partial charge in [-0.05, 0) is 81.9 Å². The number of benzene rings is 1.